The summed E-state index contributed by atoms with van der Waals surface area (Å²) in [5, 5.41) is 17.4. The van der Waals surface area contributed by atoms with Gasteiger partial charge in [0.2, 0.25) is 5.89 Å². The van der Waals surface area contributed by atoms with Gasteiger partial charge in [-0.25, -0.2) is 0 Å². The molecular formula is C16H19N5OS. The van der Waals surface area contributed by atoms with Crippen molar-refractivity contribution in [2.24, 2.45) is 0 Å². The van der Waals surface area contributed by atoms with Crippen molar-refractivity contribution in [1.82, 2.24) is 25.3 Å². The summed E-state index contributed by atoms with van der Waals surface area (Å²) in [4.78, 5) is 3.44. The van der Waals surface area contributed by atoms with Gasteiger partial charge < -0.3 is 4.42 Å². The van der Waals surface area contributed by atoms with E-state index < -0.39 is 0 Å². The molecule has 3 aromatic heterocycles. The van der Waals surface area contributed by atoms with Gasteiger partial charge in [-0.15, -0.1) is 21.5 Å². The van der Waals surface area contributed by atoms with Crippen LogP contribution >= 0.6 is 11.3 Å². The fourth-order valence-electron chi connectivity index (χ4n) is 3.16. The molecule has 1 saturated heterocycles. The van der Waals surface area contributed by atoms with E-state index in [1.54, 1.807) is 11.3 Å². The fraction of sp³-hybridized carbons (Fsp3) is 0.438. The van der Waals surface area contributed by atoms with Gasteiger partial charge in [-0.2, -0.15) is 5.10 Å². The van der Waals surface area contributed by atoms with Gasteiger partial charge in [0.1, 0.15) is 0 Å². The number of nitrogens with zero attached hydrogens (tertiary/aromatic N) is 4. The standard InChI is InChI=1S/C16H19N5OS/c1-11(15-19-20-16(22-15)14-3-2-8-23-14)21-6-4-12(5-7-21)13-9-17-18-10-13/h2-3,8-12H,4-7H2,1H3,(H,17,18). The van der Waals surface area contributed by atoms with E-state index in [4.69, 9.17) is 4.42 Å². The first kappa shape index (κ1) is 14.6. The minimum absolute atomic E-state index is 0.154. The number of thiophene rings is 1. The molecule has 0 amide bonds. The van der Waals surface area contributed by atoms with Crippen LogP contribution in [0.2, 0.25) is 0 Å². The van der Waals surface area contributed by atoms with Crippen LogP contribution in [0.15, 0.2) is 34.3 Å². The highest BCUT2D eigenvalue weighted by atomic mass is 32.1. The average Bonchev–Trinajstić information content (AvgIpc) is 3.36. The van der Waals surface area contributed by atoms with Crippen LogP contribution < -0.4 is 0 Å². The Morgan fingerprint density at radius 3 is 2.91 bits per heavy atom. The maximum atomic E-state index is 5.87. The molecule has 4 heterocycles. The van der Waals surface area contributed by atoms with Crippen LogP contribution in [0.5, 0.6) is 0 Å². The first-order chi connectivity index (χ1) is 11.3. The van der Waals surface area contributed by atoms with E-state index in [1.165, 1.54) is 5.56 Å². The van der Waals surface area contributed by atoms with Crippen molar-refractivity contribution in [2.75, 3.05) is 13.1 Å². The van der Waals surface area contributed by atoms with Gasteiger partial charge in [-0.05, 0) is 55.8 Å². The van der Waals surface area contributed by atoms with Gasteiger partial charge in [-0.3, -0.25) is 10.00 Å². The summed E-state index contributed by atoms with van der Waals surface area (Å²) in [5.41, 5.74) is 1.31. The summed E-state index contributed by atoms with van der Waals surface area (Å²) in [6.45, 7) is 4.21. The van der Waals surface area contributed by atoms with Crippen molar-refractivity contribution in [3.8, 4) is 10.8 Å². The number of aromatic amines is 1. The van der Waals surface area contributed by atoms with Crippen molar-refractivity contribution >= 4 is 11.3 Å². The Morgan fingerprint density at radius 1 is 1.35 bits per heavy atom. The molecule has 0 aliphatic carbocycles. The highest BCUT2D eigenvalue weighted by Gasteiger charge is 2.27. The zero-order chi connectivity index (χ0) is 15.6. The molecule has 0 bridgehead atoms. The van der Waals surface area contributed by atoms with Crippen LogP contribution in [-0.2, 0) is 0 Å². The topological polar surface area (TPSA) is 70.8 Å². The largest absolute Gasteiger partial charge is 0.418 e. The molecule has 1 aliphatic heterocycles. The zero-order valence-electron chi connectivity index (χ0n) is 13.0. The zero-order valence-corrected chi connectivity index (χ0v) is 13.8. The van der Waals surface area contributed by atoms with Gasteiger partial charge in [0.05, 0.1) is 17.1 Å². The maximum Gasteiger partial charge on any atom is 0.257 e. The summed E-state index contributed by atoms with van der Waals surface area (Å²) in [6.07, 6.45) is 6.22. The Labute approximate surface area is 138 Å². The van der Waals surface area contributed by atoms with E-state index in [0.29, 0.717) is 17.7 Å². The Balaban J connectivity index is 1.41. The third-order valence-electron chi connectivity index (χ3n) is 4.60. The van der Waals surface area contributed by atoms with E-state index in [0.717, 1.165) is 30.8 Å². The molecule has 1 N–H and O–H groups in total. The molecule has 1 atom stereocenters. The number of rotatable bonds is 4. The Kier molecular flexibility index (Phi) is 3.97. The van der Waals surface area contributed by atoms with Crippen molar-refractivity contribution < 1.29 is 4.42 Å². The Hall–Kier alpha value is -1.99. The normalized spacial score (nSPS) is 18.3. The molecule has 0 radical (unpaired) electrons. The Bertz CT molecular complexity index is 728. The van der Waals surface area contributed by atoms with Crippen molar-refractivity contribution in [3.63, 3.8) is 0 Å². The molecule has 6 nitrogen and oxygen atoms in total. The van der Waals surface area contributed by atoms with E-state index >= 15 is 0 Å². The van der Waals surface area contributed by atoms with Gasteiger partial charge in [0, 0.05) is 6.20 Å². The molecule has 7 heteroatoms. The number of nitrogens with one attached hydrogen (secondary N) is 1. The Morgan fingerprint density at radius 2 is 2.22 bits per heavy atom. The maximum absolute atomic E-state index is 5.87. The molecule has 120 valence electrons. The minimum Gasteiger partial charge on any atom is -0.418 e. The van der Waals surface area contributed by atoms with E-state index in [9.17, 15) is 0 Å². The predicted octanol–water partition coefficient (Wildman–Crippen LogP) is 3.46. The summed E-state index contributed by atoms with van der Waals surface area (Å²) in [7, 11) is 0. The summed E-state index contributed by atoms with van der Waals surface area (Å²) in [6, 6.07) is 4.15. The number of aromatic nitrogens is 4. The lowest BCUT2D eigenvalue weighted by molar-refractivity contribution is 0.143. The van der Waals surface area contributed by atoms with E-state index in [2.05, 4.69) is 32.2 Å². The highest BCUT2D eigenvalue weighted by molar-refractivity contribution is 7.13. The smallest absolute Gasteiger partial charge is 0.257 e. The molecule has 0 aromatic carbocycles. The third-order valence-corrected chi connectivity index (χ3v) is 5.46. The number of likely N-dealkylation sites (tertiary alicyclic amines) is 1. The predicted molar refractivity (Wildman–Crippen MR) is 88.2 cm³/mol. The number of piperidine rings is 1. The first-order valence-electron chi connectivity index (χ1n) is 7.91. The molecule has 1 fully saturated rings. The second-order valence-electron chi connectivity index (χ2n) is 5.94. The molecule has 0 saturated carbocycles. The van der Waals surface area contributed by atoms with Gasteiger partial charge >= 0.3 is 0 Å². The van der Waals surface area contributed by atoms with Crippen LogP contribution in [-0.4, -0.2) is 38.4 Å². The van der Waals surface area contributed by atoms with Crippen LogP contribution in [0.1, 0.15) is 43.2 Å². The quantitative estimate of drug-likeness (QED) is 0.793. The van der Waals surface area contributed by atoms with Crippen molar-refractivity contribution in [1.29, 1.82) is 0 Å². The van der Waals surface area contributed by atoms with Crippen molar-refractivity contribution in [3.05, 3.63) is 41.4 Å². The second-order valence-corrected chi connectivity index (χ2v) is 6.89. The van der Waals surface area contributed by atoms with Gasteiger partial charge in [0.15, 0.2) is 0 Å². The number of H-pyrrole nitrogens is 1. The molecular weight excluding hydrogens is 310 g/mol. The molecule has 0 spiro atoms. The van der Waals surface area contributed by atoms with E-state index in [-0.39, 0.29) is 6.04 Å². The summed E-state index contributed by atoms with van der Waals surface area (Å²) < 4.78 is 5.87. The summed E-state index contributed by atoms with van der Waals surface area (Å²) in [5.74, 6) is 1.92. The molecule has 1 unspecified atom stereocenters. The molecule has 1 aliphatic rings. The first-order valence-corrected chi connectivity index (χ1v) is 8.79. The van der Waals surface area contributed by atoms with Crippen LogP contribution in [0.25, 0.3) is 10.8 Å². The molecule has 3 aromatic rings. The SMILES string of the molecule is CC(c1nnc(-c2cccs2)o1)N1CCC(c2cn[nH]c2)CC1. The van der Waals surface area contributed by atoms with Crippen LogP contribution in [0.4, 0.5) is 0 Å². The monoisotopic (exact) mass is 329 g/mol. The molecule has 23 heavy (non-hydrogen) atoms. The van der Waals surface area contributed by atoms with Crippen LogP contribution in [0.3, 0.4) is 0 Å². The van der Waals surface area contributed by atoms with Gasteiger partial charge in [-0.1, -0.05) is 6.07 Å². The number of hydrogen-bond acceptors (Lipinski definition) is 6. The lowest BCUT2D eigenvalue weighted by Crippen LogP contribution is -2.35. The van der Waals surface area contributed by atoms with E-state index in [1.807, 2.05) is 29.9 Å². The number of hydrogen-bond donors (Lipinski definition) is 1. The lowest BCUT2D eigenvalue weighted by Gasteiger charge is -2.34. The fourth-order valence-corrected chi connectivity index (χ4v) is 3.81. The minimum atomic E-state index is 0.154. The van der Waals surface area contributed by atoms with Crippen molar-refractivity contribution in [2.45, 2.75) is 31.7 Å². The van der Waals surface area contributed by atoms with Crippen LogP contribution in [0, 0.1) is 0 Å². The lowest BCUT2D eigenvalue weighted by atomic mass is 9.91. The van der Waals surface area contributed by atoms with Gasteiger partial charge in [0.25, 0.3) is 5.89 Å². The second kappa shape index (κ2) is 6.25. The average molecular weight is 329 g/mol. The summed E-state index contributed by atoms with van der Waals surface area (Å²) >= 11 is 1.62. The third kappa shape index (κ3) is 2.94. The highest BCUT2D eigenvalue weighted by Crippen LogP contribution is 2.32. The molecule has 4 rings (SSSR count).